The Labute approximate surface area is 168 Å². The van der Waals surface area contributed by atoms with Crippen LogP contribution in [-0.4, -0.2) is 40.5 Å². The second kappa shape index (κ2) is 8.50. The average molecular weight is 419 g/mol. The zero-order valence-corrected chi connectivity index (χ0v) is 16.7. The first-order valence-corrected chi connectivity index (χ1v) is 10.3. The summed E-state index contributed by atoms with van der Waals surface area (Å²) < 4.78 is 37.1. The fraction of sp³-hybridized carbons (Fsp3) is 0.263. The highest BCUT2D eigenvalue weighted by molar-refractivity contribution is 7.89. The minimum Gasteiger partial charge on any atom is -0.493 e. The zero-order chi connectivity index (χ0) is 21.0. The van der Waals surface area contributed by atoms with Gasteiger partial charge in [-0.25, -0.2) is 13.1 Å². The van der Waals surface area contributed by atoms with E-state index in [0.29, 0.717) is 11.5 Å². The van der Waals surface area contributed by atoms with Gasteiger partial charge in [-0.2, -0.15) is 0 Å². The van der Waals surface area contributed by atoms with E-state index < -0.39 is 21.8 Å². The van der Waals surface area contributed by atoms with Crippen molar-refractivity contribution in [1.29, 1.82) is 0 Å². The number of sulfonamides is 1. The van der Waals surface area contributed by atoms with Crippen LogP contribution in [0.2, 0.25) is 0 Å². The van der Waals surface area contributed by atoms with Gasteiger partial charge >= 0.3 is 0 Å². The van der Waals surface area contributed by atoms with Gasteiger partial charge in [-0.3, -0.25) is 20.4 Å². The van der Waals surface area contributed by atoms with Gasteiger partial charge in [0.15, 0.2) is 11.5 Å². The first-order valence-electron chi connectivity index (χ1n) is 8.79. The number of methoxy groups -OCH3 is 2. The van der Waals surface area contributed by atoms with Gasteiger partial charge in [0.2, 0.25) is 10.0 Å². The van der Waals surface area contributed by atoms with Crippen molar-refractivity contribution in [1.82, 2.24) is 15.6 Å². The normalized spacial score (nSPS) is 13.4. The van der Waals surface area contributed by atoms with Crippen LogP contribution in [0, 0.1) is 0 Å². The molecule has 0 heterocycles. The summed E-state index contributed by atoms with van der Waals surface area (Å²) in [5.74, 6) is -0.285. The second-order valence-electron chi connectivity index (χ2n) is 6.40. The molecular formula is C19H21N3O6S. The van der Waals surface area contributed by atoms with Crippen LogP contribution < -0.4 is 25.0 Å². The summed E-state index contributed by atoms with van der Waals surface area (Å²) in [7, 11) is -0.655. The van der Waals surface area contributed by atoms with Crippen LogP contribution in [0.3, 0.4) is 0 Å². The molecule has 154 valence electrons. The van der Waals surface area contributed by atoms with Crippen LogP contribution in [0.5, 0.6) is 11.5 Å². The van der Waals surface area contributed by atoms with Crippen molar-refractivity contribution in [2.45, 2.75) is 23.8 Å². The molecule has 0 aliphatic heterocycles. The Bertz CT molecular complexity index is 1020. The molecule has 1 saturated carbocycles. The number of amides is 2. The van der Waals surface area contributed by atoms with Gasteiger partial charge in [0.25, 0.3) is 11.8 Å². The highest BCUT2D eigenvalue weighted by Crippen LogP contribution is 2.27. The second-order valence-corrected chi connectivity index (χ2v) is 8.11. The number of ether oxygens (including phenoxy) is 2. The predicted octanol–water partition coefficient (Wildman–Crippen LogP) is 1.22. The van der Waals surface area contributed by atoms with E-state index in [1.165, 1.54) is 50.6 Å². The summed E-state index contributed by atoms with van der Waals surface area (Å²) >= 11 is 0. The number of benzene rings is 2. The van der Waals surface area contributed by atoms with Crippen LogP contribution in [0.15, 0.2) is 47.4 Å². The standard InChI is InChI=1S/C19H21N3O6S/c1-27-16-10-5-13(11-17(16)28-2)19(24)21-20-18(23)12-3-8-15(9-4-12)29(25,26)22-14-6-7-14/h3-5,8-11,14,22H,6-7H2,1-2H3,(H,20,23)(H,21,24). The third-order valence-corrected chi connectivity index (χ3v) is 5.80. The summed E-state index contributed by atoms with van der Waals surface area (Å²) in [6.45, 7) is 0. The monoisotopic (exact) mass is 419 g/mol. The Kier molecular flexibility index (Phi) is 6.04. The molecule has 29 heavy (non-hydrogen) atoms. The van der Waals surface area contributed by atoms with E-state index in [1.54, 1.807) is 6.07 Å². The minimum atomic E-state index is -3.59. The Morgan fingerprint density at radius 3 is 1.97 bits per heavy atom. The van der Waals surface area contributed by atoms with E-state index in [1.807, 2.05) is 0 Å². The molecule has 9 nitrogen and oxygen atoms in total. The third-order valence-electron chi connectivity index (χ3n) is 4.26. The molecule has 2 aromatic carbocycles. The summed E-state index contributed by atoms with van der Waals surface area (Å²) in [5, 5.41) is 0. The Balaban J connectivity index is 1.61. The SMILES string of the molecule is COc1ccc(C(=O)NNC(=O)c2ccc(S(=O)(=O)NC3CC3)cc2)cc1OC. The molecule has 0 aromatic heterocycles. The highest BCUT2D eigenvalue weighted by Gasteiger charge is 2.28. The van der Waals surface area contributed by atoms with Crippen molar-refractivity contribution in [2.24, 2.45) is 0 Å². The Hall–Kier alpha value is -3.11. The zero-order valence-electron chi connectivity index (χ0n) is 15.9. The number of nitrogens with one attached hydrogen (secondary N) is 3. The van der Waals surface area contributed by atoms with E-state index in [0.717, 1.165) is 12.8 Å². The third kappa shape index (κ3) is 5.04. The van der Waals surface area contributed by atoms with Crippen LogP contribution >= 0.6 is 0 Å². The van der Waals surface area contributed by atoms with Crippen LogP contribution in [0.4, 0.5) is 0 Å². The number of carbonyl (C=O) groups is 2. The van der Waals surface area contributed by atoms with E-state index in [4.69, 9.17) is 9.47 Å². The summed E-state index contributed by atoms with van der Waals surface area (Å²) in [6, 6.07) is 10.0. The molecule has 3 rings (SSSR count). The highest BCUT2D eigenvalue weighted by atomic mass is 32.2. The molecule has 1 fully saturated rings. The van der Waals surface area contributed by atoms with Crippen molar-refractivity contribution in [3.63, 3.8) is 0 Å². The largest absolute Gasteiger partial charge is 0.493 e. The fourth-order valence-corrected chi connectivity index (χ4v) is 3.81. The maximum atomic E-state index is 12.2. The smallest absolute Gasteiger partial charge is 0.269 e. The summed E-state index contributed by atoms with van der Waals surface area (Å²) in [5.41, 5.74) is 5.04. The van der Waals surface area contributed by atoms with Gasteiger partial charge in [0.05, 0.1) is 19.1 Å². The van der Waals surface area contributed by atoms with E-state index in [-0.39, 0.29) is 22.1 Å². The summed E-state index contributed by atoms with van der Waals surface area (Å²) in [4.78, 5) is 24.5. The Morgan fingerprint density at radius 2 is 1.41 bits per heavy atom. The van der Waals surface area contributed by atoms with Crippen molar-refractivity contribution in [3.8, 4) is 11.5 Å². The number of hydrogen-bond acceptors (Lipinski definition) is 6. The maximum absolute atomic E-state index is 12.2. The fourth-order valence-electron chi connectivity index (χ4n) is 2.51. The van der Waals surface area contributed by atoms with Crippen molar-refractivity contribution < 1.29 is 27.5 Å². The topological polar surface area (TPSA) is 123 Å². The number of hydrogen-bond donors (Lipinski definition) is 3. The van der Waals surface area contributed by atoms with Gasteiger partial charge in [0.1, 0.15) is 0 Å². The van der Waals surface area contributed by atoms with Gasteiger partial charge in [-0.15, -0.1) is 0 Å². The molecule has 2 amide bonds. The van der Waals surface area contributed by atoms with Crippen molar-refractivity contribution in [3.05, 3.63) is 53.6 Å². The molecule has 0 spiro atoms. The van der Waals surface area contributed by atoms with Crippen LogP contribution in [0.1, 0.15) is 33.6 Å². The first-order chi connectivity index (χ1) is 13.8. The van der Waals surface area contributed by atoms with E-state index >= 15 is 0 Å². The molecular weight excluding hydrogens is 398 g/mol. The first kappa shape index (κ1) is 20.6. The lowest BCUT2D eigenvalue weighted by atomic mass is 10.2. The number of hydrazine groups is 1. The molecule has 0 atom stereocenters. The lowest BCUT2D eigenvalue weighted by Crippen LogP contribution is -2.41. The molecule has 10 heteroatoms. The molecule has 1 aliphatic carbocycles. The lowest BCUT2D eigenvalue weighted by Gasteiger charge is -2.11. The maximum Gasteiger partial charge on any atom is 0.269 e. The number of rotatable bonds is 7. The summed E-state index contributed by atoms with van der Waals surface area (Å²) in [6.07, 6.45) is 1.67. The van der Waals surface area contributed by atoms with Gasteiger partial charge in [-0.1, -0.05) is 0 Å². The molecule has 2 aromatic rings. The van der Waals surface area contributed by atoms with Crippen molar-refractivity contribution >= 4 is 21.8 Å². The molecule has 0 unspecified atom stereocenters. The average Bonchev–Trinajstić information content (AvgIpc) is 3.54. The minimum absolute atomic E-state index is 0.00485. The lowest BCUT2D eigenvalue weighted by molar-refractivity contribution is 0.0846. The predicted molar refractivity (Wildman–Crippen MR) is 104 cm³/mol. The van der Waals surface area contributed by atoms with E-state index in [9.17, 15) is 18.0 Å². The van der Waals surface area contributed by atoms with E-state index in [2.05, 4.69) is 15.6 Å². The molecule has 3 N–H and O–H groups in total. The van der Waals surface area contributed by atoms with Gasteiger partial charge in [0, 0.05) is 17.2 Å². The number of carbonyl (C=O) groups excluding carboxylic acids is 2. The molecule has 0 saturated heterocycles. The van der Waals surface area contributed by atoms with Crippen LogP contribution in [0.25, 0.3) is 0 Å². The van der Waals surface area contributed by atoms with Gasteiger partial charge < -0.3 is 9.47 Å². The Morgan fingerprint density at radius 1 is 0.862 bits per heavy atom. The van der Waals surface area contributed by atoms with Crippen LogP contribution in [-0.2, 0) is 10.0 Å². The quantitative estimate of drug-likeness (QED) is 0.580. The molecule has 0 bridgehead atoms. The molecule has 0 radical (unpaired) electrons. The molecule has 1 aliphatic rings. The van der Waals surface area contributed by atoms with Gasteiger partial charge in [-0.05, 0) is 55.3 Å². The van der Waals surface area contributed by atoms with Crippen molar-refractivity contribution in [2.75, 3.05) is 14.2 Å².